The number of para-hydroxylation sites is 1. The van der Waals surface area contributed by atoms with Crippen molar-refractivity contribution in [2.24, 2.45) is 0 Å². The standard InChI is InChI=1S/C18H20N2O3/c1-23-18(22)17(21)20-16(12-14-8-4-2-5-9-14)13-19-15-10-6-3-7-11-15/h2-11,16,19H,12-13H2,1H3,(H,20,21)/t16-/m0/s1. The van der Waals surface area contributed by atoms with Gasteiger partial charge in [-0.05, 0) is 24.1 Å². The van der Waals surface area contributed by atoms with E-state index in [1.165, 1.54) is 7.11 Å². The van der Waals surface area contributed by atoms with E-state index >= 15 is 0 Å². The van der Waals surface area contributed by atoms with Gasteiger partial charge in [0.15, 0.2) is 0 Å². The summed E-state index contributed by atoms with van der Waals surface area (Å²) in [5.74, 6) is -1.62. The van der Waals surface area contributed by atoms with Crippen LogP contribution in [0.1, 0.15) is 5.56 Å². The molecule has 0 saturated heterocycles. The number of benzene rings is 2. The zero-order valence-corrected chi connectivity index (χ0v) is 13.0. The van der Waals surface area contributed by atoms with Crippen molar-refractivity contribution in [3.63, 3.8) is 0 Å². The minimum atomic E-state index is -0.886. The van der Waals surface area contributed by atoms with E-state index in [9.17, 15) is 9.59 Å². The summed E-state index contributed by atoms with van der Waals surface area (Å²) in [5.41, 5.74) is 2.04. The Hall–Kier alpha value is -2.82. The minimum Gasteiger partial charge on any atom is -0.462 e. The maximum absolute atomic E-state index is 11.8. The summed E-state index contributed by atoms with van der Waals surface area (Å²) in [4.78, 5) is 23.1. The Morgan fingerprint density at radius 1 is 1.00 bits per heavy atom. The maximum atomic E-state index is 11.8. The maximum Gasteiger partial charge on any atom is 0.396 e. The Morgan fingerprint density at radius 2 is 1.61 bits per heavy atom. The van der Waals surface area contributed by atoms with Gasteiger partial charge in [0.2, 0.25) is 0 Å². The highest BCUT2D eigenvalue weighted by molar-refractivity contribution is 6.32. The lowest BCUT2D eigenvalue weighted by atomic mass is 10.1. The molecular weight excluding hydrogens is 292 g/mol. The van der Waals surface area contributed by atoms with Crippen LogP contribution >= 0.6 is 0 Å². The number of hydrogen-bond acceptors (Lipinski definition) is 4. The smallest absolute Gasteiger partial charge is 0.396 e. The first-order valence-corrected chi connectivity index (χ1v) is 7.40. The Bertz CT molecular complexity index is 629. The van der Waals surface area contributed by atoms with Crippen molar-refractivity contribution in [1.82, 2.24) is 5.32 Å². The van der Waals surface area contributed by atoms with Crippen LogP contribution in [0.15, 0.2) is 60.7 Å². The van der Waals surface area contributed by atoms with Crippen LogP contribution < -0.4 is 10.6 Å². The molecule has 0 heterocycles. The van der Waals surface area contributed by atoms with Crippen molar-refractivity contribution in [3.05, 3.63) is 66.2 Å². The summed E-state index contributed by atoms with van der Waals surface area (Å²) >= 11 is 0. The number of esters is 1. The van der Waals surface area contributed by atoms with Gasteiger partial charge in [0, 0.05) is 12.2 Å². The van der Waals surface area contributed by atoms with E-state index in [1.807, 2.05) is 60.7 Å². The molecule has 2 rings (SSSR count). The van der Waals surface area contributed by atoms with Crippen LogP contribution in [0.4, 0.5) is 5.69 Å². The summed E-state index contributed by atoms with van der Waals surface area (Å²) in [6.07, 6.45) is 0.614. The molecule has 1 atom stereocenters. The first-order chi connectivity index (χ1) is 11.2. The van der Waals surface area contributed by atoms with E-state index in [-0.39, 0.29) is 6.04 Å². The monoisotopic (exact) mass is 312 g/mol. The van der Waals surface area contributed by atoms with E-state index in [0.29, 0.717) is 13.0 Å². The van der Waals surface area contributed by atoms with Crippen LogP contribution in [0.2, 0.25) is 0 Å². The van der Waals surface area contributed by atoms with Gasteiger partial charge in [0.05, 0.1) is 13.2 Å². The number of carbonyl (C=O) groups excluding carboxylic acids is 2. The van der Waals surface area contributed by atoms with Crippen LogP contribution in [0.5, 0.6) is 0 Å². The summed E-state index contributed by atoms with van der Waals surface area (Å²) < 4.78 is 4.45. The van der Waals surface area contributed by atoms with Crippen LogP contribution in [-0.4, -0.2) is 31.6 Å². The van der Waals surface area contributed by atoms with Crippen molar-refractivity contribution in [3.8, 4) is 0 Å². The molecule has 23 heavy (non-hydrogen) atoms. The molecule has 0 spiro atoms. The third-order valence-electron chi connectivity index (χ3n) is 3.36. The highest BCUT2D eigenvalue weighted by Gasteiger charge is 2.19. The molecule has 5 heteroatoms. The number of anilines is 1. The van der Waals surface area contributed by atoms with E-state index < -0.39 is 11.9 Å². The molecule has 0 saturated carbocycles. The molecule has 2 N–H and O–H groups in total. The fourth-order valence-electron chi connectivity index (χ4n) is 2.21. The predicted octanol–water partition coefficient (Wildman–Crippen LogP) is 2.00. The lowest BCUT2D eigenvalue weighted by molar-refractivity contribution is -0.153. The lowest BCUT2D eigenvalue weighted by Gasteiger charge is -2.19. The topological polar surface area (TPSA) is 67.4 Å². The van der Waals surface area contributed by atoms with Crippen molar-refractivity contribution in [1.29, 1.82) is 0 Å². The molecule has 2 aromatic rings. The van der Waals surface area contributed by atoms with Gasteiger partial charge in [-0.1, -0.05) is 48.5 Å². The molecular formula is C18H20N2O3. The lowest BCUT2D eigenvalue weighted by Crippen LogP contribution is -2.44. The van der Waals surface area contributed by atoms with Gasteiger partial charge in [-0.25, -0.2) is 4.79 Å². The first kappa shape index (κ1) is 16.5. The molecule has 0 bridgehead atoms. The van der Waals surface area contributed by atoms with Crippen LogP contribution in [0, 0.1) is 0 Å². The van der Waals surface area contributed by atoms with Crippen LogP contribution in [0.3, 0.4) is 0 Å². The Balaban J connectivity index is 2.01. The van der Waals surface area contributed by atoms with Crippen molar-refractivity contribution in [2.45, 2.75) is 12.5 Å². The van der Waals surface area contributed by atoms with Gasteiger partial charge >= 0.3 is 11.9 Å². The fraction of sp³-hybridized carbons (Fsp3) is 0.222. The molecule has 0 aliphatic rings. The molecule has 0 unspecified atom stereocenters. The third kappa shape index (κ3) is 5.47. The number of methoxy groups -OCH3 is 1. The van der Waals surface area contributed by atoms with Gasteiger partial charge in [0.1, 0.15) is 0 Å². The van der Waals surface area contributed by atoms with Gasteiger partial charge in [-0.15, -0.1) is 0 Å². The second kappa shape index (κ2) is 8.58. The summed E-state index contributed by atoms with van der Waals surface area (Å²) in [6.45, 7) is 0.502. The normalized spacial score (nSPS) is 11.3. The van der Waals surface area contributed by atoms with Crippen molar-refractivity contribution in [2.75, 3.05) is 19.0 Å². The van der Waals surface area contributed by atoms with E-state index in [0.717, 1.165) is 11.3 Å². The Kier molecular flexibility index (Phi) is 6.17. The number of nitrogens with one attached hydrogen (secondary N) is 2. The number of amides is 1. The molecule has 120 valence electrons. The molecule has 0 aliphatic carbocycles. The highest BCUT2D eigenvalue weighted by atomic mass is 16.5. The summed E-state index contributed by atoms with van der Waals surface area (Å²) in [7, 11) is 1.19. The SMILES string of the molecule is COC(=O)C(=O)N[C@H](CNc1ccccc1)Cc1ccccc1. The molecule has 0 radical (unpaired) electrons. The third-order valence-corrected chi connectivity index (χ3v) is 3.36. The predicted molar refractivity (Wildman–Crippen MR) is 89.0 cm³/mol. The minimum absolute atomic E-state index is 0.232. The Labute approximate surface area is 135 Å². The second-order valence-corrected chi connectivity index (χ2v) is 5.10. The summed E-state index contributed by atoms with van der Waals surface area (Å²) in [6, 6.07) is 19.3. The van der Waals surface area contributed by atoms with Gasteiger partial charge in [0.25, 0.3) is 0 Å². The average Bonchev–Trinajstić information content (AvgIpc) is 2.60. The van der Waals surface area contributed by atoms with E-state index in [4.69, 9.17) is 0 Å². The fourth-order valence-corrected chi connectivity index (χ4v) is 2.21. The molecule has 1 amide bonds. The van der Waals surface area contributed by atoms with Gasteiger partial charge in [-0.2, -0.15) is 0 Å². The highest BCUT2D eigenvalue weighted by Crippen LogP contribution is 2.08. The number of carbonyl (C=O) groups is 2. The molecule has 0 aliphatic heterocycles. The van der Waals surface area contributed by atoms with Crippen LogP contribution in [-0.2, 0) is 20.7 Å². The molecule has 2 aromatic carbocycles. The van der Waals surface area contributed by atoms with Gasteiger partial charge in [-0.3, -0.25) is 4.79 Å². The Morgan fingerprint density at radius 3 is 2.22 bits per heavy atom. The zero-order valence-electron chi connectivity index (χ0n) is 13.0. The quantitative estimate of drug-likeness (QED) is 0.632. The molecule has 0 aromatic heterocycles. The average molecular weight is 312 g/mol. The second-order valence-electron chi connectivity index (χ2n) is 5.10. The largest absolute Gasteiger partial charge is 0.462 e. The number of rotatable bonds is 6. The van der Waals surface area contributed by atoms with E-state index in [2.05, 4.69) is 15.4 Å². The van der Waals surface area contributed by atoms with Crippen molar-refractivity contribution < 1.29 is 14.3 Å². The molecule has 5 nitrogen and oxygen atoms in total. The molecule has 0 fully saturated rings. The van der Waals surface area contributed by atoms with Gasteiger partial charge < -0.3 is 15.4 Å². The van der Waals surface area contributed by atoms with E-state index in [1.54, 1.807) is 0 Å². The first-order valence-electron chi connectivity index (χ1n) is 7.40. The zero-order chi connectivity index (χ0) is 16.5. The van der Waals surface area contributed by atoms with Crippen molar-refractivity contribution >= 4 is 17.6 Å². The summed E-state index contributed by atoms with van der Waals surface area (Å²) in [5, 5.41) is 5.97. The number of ether oxygens (including phenoxy) is 1. The number of hydrogen-bond donors (Lipinski definition) is 2. The van der Waals surface area contributed by atoms with Crippen LogP contribution in [0.25, 0.3) is 0 Å².